The average Bonchev–Trinajstić information content (AvgIpc) is 3.31. The van der Waals surface area contributed by atoms with Crippen LogP contribution in [0.1, 0.15) is 25.1 Å². The second-order valence-electron chi connectivity index (χ2n) is 6.52. The van der Waals surface area contributed by atoms with Crippen molar-refractivity contribution in [3.8, 4) is 11.3 Å². The number of fused-ring (bicyclic) bond motifs is 1. The summed E-state index contributed by atoms with van der Waals surface area (Å²) in [5, 5.41) is 8.10. The van der Waals surface area contributed by atoms with Crippen molar-refractivity contribution in [1.82, 2.24) is 24.1 Å². The molecule has 0 aliphatic rings. The van der Waals surface area contributed by atoms with Gasteiger partial charge in [-0.3, -0.25) is 0 Å². The van der Waals surface area contributed by atoms with Gasteiger partial charge < -0.3 is 9.88 Å². The molecule has 0 bridgehead atoms. The summed E-state index contributed by atoms with van der Waals surface area (Å²) in [7, 11) is 0. The van der Waals surface area contributed by atoms with Gasteiger partial charge >= 0.3 is 0 Å². The maximum atomic E-state index is 4.76. The summed E-state index contributed by atoms with van der Waals surface area (Å²) >= 11 is 0. The second-order valence-corrected chi connectivity index (χ2v) is 6.52. The molecule has 0 aliphatic heterocycles. The maximum Gasteiger partial charge on any atom is 0.158 e. The fourth-order valence-corrected chi connectivity index (χ4v) is 3.06. The monoisotopic (exact) mass is 346 g/mol. The van der Waals surface area contributed by atoms with Crippen LogP contribution in [0.4, 0.5) is 5.82 Å². The third-order valence-electron chi connectivity index (χ3n) is 4.52. The number of benzene rings is 1. The van der Waals surface area contributed by atoms with E-state index >= 15 is 0 Å². The number of imidazole rings is 1. The molecule has 0 spiro atoms. The molecule has 1 aromatic carbocycles. The third-order valence-corrected chi connectivity index (χ3v) is 4.52. The molecular formula is C20H22N6. The number of anilines is 1. The summed E-state index contributed by atoms with van der Waals surface area (Å²) in [6.07, 6.45) is 6.66. The van der Waals surface area contributed by atoms with E-state index in [0.717, 1.165) is 41.4 Å². The van der Waals surface area contributed by atoms with Crippen LogP contribution in [-0.4, -0.2) is 30.7 Å². The Balaban J connectivity index is 1.59. The molecule has 0 amide bonds. The Labute approximate surface area is 152 Å². The molecule has 4 aromatic rings. The molecule has 0 saturated carbocycles. The smallest absolute Gasteiger partial charge is 0.158 e. The van der Waals surface area contributed by atoms with Crippen molar-refractivity contribution in [1.29, 1.82) is 0 Å². The zero-order chi connectivity index (χ0) is 17.9. The molecule has 26 heavy (non-hydrogen) atoms. The highest BCUT2D eigenvalue weighted by molar-refractivity contribution is 5.66. The highest BCUT2D eigenvalue weighted by Gasteiger charge is 2.10. The van der Waals surface area contributed by atoms with Crippen LogP contribution in [0, 0.1) is 6.92 Å². The molecule has 132 valence electrons. The Bertz CT molecular complexity index is 988. The van der Waals surface area contributed by atoms with Crippen LogP contribution in [0.5, 0.6) is 0 Å². The Morgan fingerprint density at radius 2 is 2.00 bits per heavy atom. The summed E-state index contributed by atoms with van der Waals surface area (Å²) in [5.74, 6) is 0.958. The largest absolute Gasteiger partial charge is 0.370 e. The molecule has 0 radical (unpaired) electrons. The average molecular weight is 346 g/mol. The summed E-state index contributed by atoms with van der Waals surface area (Å²) in [6.45, 7) is 5.02. The predicted octanol–water partition coefficient (Wildman–Crippen LogP) is 3.96. The van der Waals surface area contributed by atoms with Crippen molar-refractivity contribution in [2.75, 3.05) is 11.9 Å². The Kier molecular flexibility index (Phi) is 4.39. The predicted molar refractivity (Wildman–Crippen MR) is 103 cm³/mol. The Hall–Kier alpha value is -3.15. The van der Waals surface area contributed by atoms with Gasteiger partial charge in [-0.1, -0.05) is 30.3 Å². The number of aryl methyl sites for hydroxylation is 1. The standard InChI is InChI=1S/C20H22N6/c1-15-12-20-23-18(17-6-4-3-5-7-17)13-19(26(20)24-15)22-9-8-16(2)25-11-10-21-14-25/h3-7,10-14,16,22H,8-9H2,1-2H3/t16-/m0/s1. The Morgan fingerprint density at radius 3 is 2.77 bits per heavy atom. The van der Waals surface area contributed by atoms with Gasteiger partial charge in [0.2, 0.25) is 0 Å². The highest BCUT2D eigenvalue weighted by atomic mass is 15.3. The summed E-state index contributed by atoms with van der Waals surface area (Å²) in [4.78, 5) is 8.88. The van der Waals surface area contributed by atoms with Crippen LogP contribution < -0.4 is 5.32 Å². The van der Waals surface area contributed by atoms with Gasteiger partial charge in [0.1, 0.15) is 5.82 Å². The lowest BCUT2D eigenvalue weighted by Gasteiger charge is -2.15. The second kappa shape index (κ2) is 7.00. The van der Waals surface area contributed by atoms with Crippen molar-refractivity contribution in [3.63, 3.8) is 0 Å². The summed E-state index contributed by atoms with van der Waals surface area (Å²) in [5.41, 5.74) is 3.86. The number of nitrogens with one attached hydrogen (secondary N) is 1. The molecular weight excluding hydrogens is 324 g/mol. The quantitative estimate of drug-likeness (QED) is 0.574. The normalized spacial score (nSPS) is 12.4. The first kappa shape index (κ1) is 16.3. The lowest BCUT2D eigenvalue weighted by atomic mass is 10.1. The van der Waals surface area contributed by atoms with Gasteiger partial charge in [-0.25, -0.2) is 9.97 Å². The van der Waals surface area contributed by atoms with E-state index in [2.05, 4.69) is 45.1 Å². The molecule has 1 N–H and O–H groups in total. The van der Waals surface area contributed by atoms with Gasteiger partial charge in [-0.05, 0) is 20.3 Å². The number of hydrogen-bond acceptors (Lipinski definition) is 4. The minimum absolute atomic E-state index is 0.385. The van der Waals surface area contributed by atoms with Gasteiger partial charge in [-0.15, -0.1) is 0 Å². The third kappa shape index (κ3) is 3.31. The van der Waals surface area contributed by atoms with Crippen molar-refractivity contribution >= 4 is 11.5 Å². The number of aromatic nitrogens is 5. The molecule has 6 nitrogen and oxygen atoms in total. The first-order valence-electron chi connectivity index (χ1n) is 8.85. The molecule has 0 fully saturated rings. The molecule has 3 aromatic heterocycles. The highest BCUT2D eigenvalue weighted by Crippen LogP contribution is 2.23. The first-order valence-corrected chi connectivity index (χ1v) is 8.85. The molecule has 4 rings (SSSR count). The van der Waals surface area contributed by atoms with Crippen LogP contribution in [0.25, 0.3) is 16.9 Å². The van der Waals surface area contributed by atoms with Gasteiger partial charge in [0.15, 0.2) is 5.65 Å². The molecule has 6 heteroatoms. The van der Waals surface area contributed by atoms with Crippen LogP contribution in [0.15, 0.2) is 61.2 Å². The minimum Gasteiger partial charge on any atom is -0.370 e. The maximum absolute atomic E-state index is 4.76. The zero-order valence-electron chi connectivity index (χ0n) is 15.0. The van der Waals surface area contributed by atoms with Crippen LogP contribution >= 0.6 is 0 Å². The summed E-state index contributed by atoms with van der Waals surface area (Å²) < 4.78 is 4.00. The molecule has 3 heterocycles. The van der Waals surface area contributed by atoms with E-state index in [4.69, 9.17) is 4.98 Å². The van der Waals surface area contributed by atoms with Crippen LogP contribution in [-0.2, 0) is 0 Å². The Morgan fingerprint density at radius 1 is 1.15 bits per heavy atom. The van der Waals surface area contributed by atoms with Crippen molar-refractivity contribution in [2.24, 2.45) is 0 Å². The van der Waals surface area contributed by atoms with Crippen molar-refractivity contribution in [3.05, 3.63) is 66.9 Å². The topological polar surface area (TPSA) is 60.0 Å². The number of rotatable bonds is 6. The molecule has 0 unspecified atom stereocenters. The van der Waals surface area contributed by atoms with Gasteiger partial charge in [0.05, 0.1) is 17.7 Å². The lowest BCUT2D eigenvalue weighted by Crippen LogP contribution is -2.12. The lowest BCUT2D eigenvalue weighted by molar-refractivity contribution is 0.519. The number of nitrogens with zero attached hydrogens (tertiary/aromatic N) is 5. The van der Waals surface area contributed by atoms with Crippen molar-refractivity contribution < 1.29 is 0 Å². The van der Waals surface area contributed by atoms with E-state index in [-0.39, 0.29) is 0 Å². The van der Waals surface area contributed by atoms with E-state index in [9.17, 15) is 0 Å². The SMILES string of the molecule is Cc1cc2nc(-c3ccccc3)cc(NCC[C@H](C)n3ccnc3)n2n1. The number of hydrogen-bond donors (Lipinski definition) is 1. The van der Waals surface area contributed by atoms with Crippen LogP contribution in [0.2, 0.25) is 0 Å². The zero-order valence-corrected chi connectivity index (χ0v) is 15.0. The van der Waals surface area contributed by atoms with E-state index < -0.39 is 0 Å². The molecule has 0 aliphatic carbocycles. The van der Waals surface area contributed by atoms with Gasteiger partial charge in [-0.2, -0.15) is 9.61 Å². The van der Waals surface area contributed by atoms with E-state index in [0.29, 0.717) is 6.04 Å². The fraction of sp³-hybridized carbons (Fsp3) is 0.250. The molecule has 1 atom stereocenters. The van der Waals surface area contributed by atoms with E-state index in [1.54, 1.807) is 0 Å². The van der Waals surface area contributed by atoms with Crippen molar-refractivity contribution in [2.45, 2.75) is 26.3 Å². The van der Waals surface area contributed by atoms with E-state index in [1.165, 1.54) is 0 Å². The van der Waals surface area contributed by atoms with Gasteiger partial charge in [0.25, 0.3) is 0 Å². The van der Waals surface area contributed by atoms with Crippen LogP contribution in [0.3, 0.4) is 0 Å². The summed E-state index contributed by atoms with van der Waals surface area (Å²) in [6, 6.07) is 14.7. The minimum atomic E-state index is 0.385. The fourth-order valence-electron chi connectivity index (χ4n) is 3.06. The molecule has 0 saturated heterocycles. The van der Waals surface area contributed by atoms with Gasteiger partial charge in [0, 0.05) is 42.7 Å². The first-order chi connectivity index (χ1) is 12.7. The van der Waals surface area contributed by atoms with E-state index in [1.807, 2.05) is 54.4 Å².